The molecule has 0 spiro atoms. The van der Waals surface area contributed by atoms with E-state index in [1.165, 1.54) is 0 Å². The molecule has 0 aromatic heterocycles. The number of nitrogens with two attached hydrogens (primary N) is 1. The van der Waals surface area contributed by atoms with Crippen molar-refractivity contribution in [1.29, 1.82) is 0 Å². The topological polar surface area (TPSA) is 72.2 Å². The SMILES string of the molecule is CC(C)(C)N[C@@H](CCC(=O)CCCCCCCN)C(=O)C(C)(C)C. The Bertz CT molecular complexity index is 378. The molecule has 0 unspecified atom stereocenters. The van der Waals surface area contributed by atoms with Crippen LogP contribution in [0.4, 0.5) is 0 Å². The van der Waals surface area contributed by atoms with Crippen molar-refractivity contribution in [2.45, 2.75) is 104 Å². The van der Waals surface area contributed by atoms with Crippen LogP contribution < -0.4 is 11.1 Å². The van der Waals surface area contributed by atoms with Gasteiger partial charge < -0.3 is 11.1 Å². The van der Waals surface area contributed by atoms with Crippen molar-refractivity contribution in [1.82, 2.24) is 5.32 Å². The summed E-state index contributed by atoms with van der Waals surface area (Å²) in [6.07, 6.45) is 7.14. The Labute approximate surface area is 149 Å². The second-order valence-corrected chi connectivity index (χ2v) is 8.94. The van der Waals surface area contributed by atoms with Crippen LogP contribution in [0.1, 0.15) is 92.9 Å². The molecule has 0 rings (SSSR count). The van der Waals surface area contributed by atoms with E-state index in [1.807, 2.05) is 20.8 Å². The zero-order valence-corrected chi connectivity index (χ0v) is 16.8. The van der Waals surface area contributed by atoms with Crippen LogP contribution in [0.15, 0.2) is 0 Å². The van der Waals surface area contributed by atoms with Crippen LogP contribution in [0.25, 0.3) is 0 Å². The van der Waals surface area contributed by atoms with Crippen LogP contribution in [-0.4, -0.2) is 29.7 Å². The first-order valence-electron chi connectivity index (χ1n) is 9.51. The summed E-state index contributed by atoms with van der Waals surface area (Å²) in [5.74, 6) is 0.461. The summed E-state index contributed by atoms with van der Waals surface area (Å²) in [7, 11) is 0. The summed E-state index contributed by atoms with van der Waals surface area (Å²) in [6.45, 7) is 12.7. The van der Waals surface area contributed by atoms with Gasteiger partial charge in [-0.1, -0.05) is 40.0 Å². The Kier molecular flexibility index (Phi) is 10.6. The molecule has 0 fully saturated rings. The van der Waals surface area contributed by atoms with Crippen molar-refractivity contribution < 1.29 is 9.59 Å². The number of unbranched alkanes of at least 4 members (excludes halogenated alkanes) is 4. The molecule has 142 valence electrons. The number of carbonyl (C=O) groups is 2. The molecule has 0 amide bonds. The smallest absolute Gasteiger partial charge is 0.155 e. The van der Waals surface area contributed by atoms with Gasteiger partial charge in [0.15, 0.2) is 5.78 Å². The molecule has 0 aromatic rings. The molecule has 3 N–H and O–H groups in total. The number of Topliss-reactive ketones (excluding diaryl/α,β-unsaturated/α-hetero) is 2. The predicted molar refractivity (Wildman–Crippen MR) is 102 cm³/mol. The number of hydrogen-bond donors (Lipinski definition) is 2. The molecule has 0 radical (unpaired) electrons. The van der Waals surface area contributed by atoms with Crippen LogP contribution in [0.3, 0.4) is 0 Å². The number of carbonyl (C=O) groups excluding carboxylic acids is 2. The van der Waals surface area contributed by atoms with Gasteiger partial charge in [-0.05, 0) is 46.6 Å². The van der Waals surface area contributed by atoms with Crippen molar-refractivity contribution in [3.63, 3.8) is 0 Å². The van der Waals surface area contributed by atoms with Crippen LogP contribution >= 0.6 is 0 Å². The molecule has 0 aromatic carbocycles. The molecule has 0 aliphatic rings. The van der Waals surface area contributed by atoms with Gasteiger partial charge in [0.25, 0.3) is 0 Å². The quantitative estimate of drug-likeness (QED) is 0.527. The minimum Gasteiger partial charge on any atom is -0.330 e. The fraction of sp³-hybridized carbons (Fsp3) is 0.900. The fourth-order valence-corrected chi connectivity index (χ4v) is 2.74. The van der Waals surface area contributed by atoms with E-state index >= 15 is 0 Å². The van der Waals surface area contributed by atoms with E-state index in [9.17, 15) is 9.59 Å². The van der Waals surface area contributed by atoms with Gasteiger partial charge in [-0.3, -0.25) is 9.59 Å². The number of rotatable bonds is 12. The lowest BCUT2D eigenvalue weighted by Gasteiger charge is -2.31. The standard InChI is InChI=1S/C20H40N2O2/c1-19(2,3)18(24)17(22-20(4,5)6)14-13-16(23)12-10-8-7-9-11-15-21/h17,22H,7-15,21H2,1-6H3/t17-/m0/s1. The third kappa shape index (κ3) is 11.7. The number of hydrogen-bond acceptors (Lipinski definition) is 4. The maximum Gasteiger partial charge on any atom is 0.155 e. The highest BCUT2D eigenvalue weighted by Crippen LogP contribution is 2.21. The van der Waals surface area contributed by atoms with Gasteiger partial charge in [0.1, 0.15) is 5.78 Å². The molecule has 1 atom stereocenters. The average Bonchev–Trinajstić information content (AvgIpc) is 2.44. The van der Waals surface area contributed by atoms with Crippen molar-refractivity contribution in [2.24, 2.45) is 11.1 Å². The Morgan fingerprint density at radius 1 is 0.875 bits per heavy atom. The van der Waals surface area contributed by atoms with E-state index in [4.69, 9.17) is 5.73 Å². The Morgan fingerprint density at radius 3 is 1.92 bits per heavy atom. The Morgan fingerprint density at radius 2 is 1.42 bits per heavy atom. The van der Waals surface area contributed by atoms with Crippen molar-refractivity contribution >= 4 is 11.6 Å². The van der Waals surface area contributed by atoms with Gasteiger partial charge in [-0.2, -0.15) is 0 Å². The molecule has 0 saturated heterocycles. The van der Waals surface area contributed by atoms with Gasteiger partial charge in [0.05, 0.1) is 6.04 Å². The Hall–Kier alpha value is -0.740. The third-order valence-corrected chi connectivity index (χ3v) is 4.03. The molecular weight excluding hydrogens is 300 g/mol. The maximum atomic E-state index is 12.6. The maximum absolute atomic E-state index is 12.6. The molecule has 0 saturated carbocycles. The second-order valence-electron chi connectivity index (χ2n) is 8.94. The normalized spacial score (nSPS) is 13.8. The van der Waals surface area contributed by atoms with Crippen LogP contribution in [0.5, 0.6) is 0 Å². The van der Waals surface area contributed by atoms with E-state index in [2.05, 4.69) is 26.1 Å². The van der Waals surface area contributed by atoms with Gasteiger partial charge >= 0.3 is 0 Å². The molecule has 0 aliphatic carbocycles. The molecule has 0 heterocycles. The van der Waals surface area contributed by atoms with Crippen LogP contribution in [0, 0.1) is 5.41 Å². The average molecular weight is 341 g/mol. The summed E-state index contributed by atoms with van der Waals surface area (Å²) in [5.41, 5.74) is 4.94. The highest BCUT2D eigenvalue weighted by Gasteiger charge is 2.31. The first-order chi connectivity index (χ1) is 11.0. The Balaban J connectivity index is 4.30. The summed E-state index contributed by atoms with van der Waals surface area (Å²) < 4.78 is 0. The van der Waals surface area contributed by atoms with E-state index in [1.54, 1.807) is 0 Å². The summed E-state index contributed by atoms with van der Waals surface area (Å²) >= 11 is 0. The van der Waals surface area contributed by atoms with E-state index in [0.717, 1.165) is 38.6 Å². The van der Waals surface area contributed by atoms with Crippen molar-refractivity contribution in [3.05, 3.63) is 0 Å². The van der Waals surface area contributed by atoms with E-state index in [-0.39, 0.29) is 23.1 Å². The molecule has 4 nitrogen and oxygen atoms in total. The molecule has 24 heavy (non-hydrogen) atoms. The van der Waals surface area contributed by atoms with Crippen molar-refractivity contribution in [2.75, 3.05) is 6.54 Å². The van der Waals surface area contributed by atoms with Gasteiger partial charge in [-0.25, -0.2) is 0 Å². The predicted octanol–water partition coefficient (Wildman–Crippen LogP) is 4.01. The fourth-order valence-electron chi connectivity index (χ4n) is 2.74. The van der Waals surface area contributed by atoms with E-state index in [0.29, 0.717) is 19.3 Å². The third-order valence-electron chi connectivity index (χ3n) is 4.03. The number of nitrogens with one attached hydrogen (secondary N) is 1. The van der Waals surface area contributed by atoms with Crippen molar-refractivity contribution in [3.8, 4) is 0 Å². The molecule has 0 aliphatic heterocycles. The van der Waals surface area contributed by atoms with Gasteiger partial charge in [0, 0.05) is 23.8 Å². The summed E-state index contributed by atoms with van der Waals surface area (Å²) in [4.78, 5) is 24.7. The molecular formula is C20H40N2O2. The van der Waals surface area contributed by atoms with Gasteiger partial charge in [-0.15, -0.1) is 0 Å². The van der Waals surface area contributed by atoms with E-state index < -0.39 is 5.41 Å². The first kappa shape index (κ1) is 23.3. The largest absolute Gasteiger partial charge is 0.330 e. The first-order valence-corrected chi connectivity index (χ1v) is 9.51. The zero-order chi connectivity index (χ0) is 18.8. The minimum absolute atomic E-state index is 0.141. The lowest BCUT2D eigenvalue weighted by Crippen LogP contribution is -2.51. The lowest BCUT2D eigenvalue weighted by molar-refractivity contribution is -0.129. The lowest BCUT2D eigenvalue weighted by atomic mass is 9.83. The molecule has 0 bridgehead atoms. The number of ketones is 2. The van der Waals surface area contributed by atoms with Crippen LogP contribution in [0.2, 0.25) is 0 Å². The van der Waals surface area contributed by atoms with Crippen LogP contribution in [-0.2, 0) is 9.59 Å². The monoisotopic (exact) mass is 340 g/mol. The minimum atomic E-state index is -0.394. The molecule has 4 heteroatoms. The highest BCUT2D eigenvalue weighted by molar-refractivity contribution is 5.89. The zero-order valence-electron chi connectivity index (χ0n) is 16.8. The second kappa shape index (κ2) is 11.0. The summed E-state index contributed by atoms with van der Waals surface area (Å²) in [5, 5.41) is 3.39. The summed E-state index contributed by atoms with van der Waals surface area (Å²) in [6, 6.07) is -0.251. The highest BCUT2D eigenvalue weighted by atomic mass is 16.1. The van der Waals surface area contributed by atoms with Gasteiger partial charge in [0.2, 0.25) is 0 Å².